The fourth-order valence-corrected chi connectivity index (χ4v) is 2.94. The first-order chi connectivity index (χ1) is 9.03. The van der Waals surface area contributed by atoms with Gasteiger partial charge in [0, 0.05) is 24.6 Å². The molecule has 0 aliphatic carbocycles. The third-order valence-electron chi connectivity index (χ3n) is 4.50. The Morgan fingerprint density at radius 3 is 2.68 bits per heavy atom. The molecule has 1 fully saturated rings. The van der Waals surface area contributed by atoms with Gasteiger partial charge in [0.1, 0.15) is 0 Å². The lowest BCUT2D eigenvalue weighted by atomic mass is 9.75. The number of nitrogens with one attached hydrogen (secondary N) is 1. The van der Waals surface area contributed by atoms with Gasteiger partial charge in [-0.25, -0.2) is 0 Å². The molecule has 0 saturated carbocycles. The summed E-state index contributed by atoms with van der Waals surface area (Å²) in [4.78, 5) is 0. The van der Waals surface area contributed by atoms with E-state index in [2.05, 4.69) is 57.3 Å². The molecule has 0 radical (unpaired) electrons. The second-order valence-corrected chi connectivity index (χ2v) is 6.26. The van der Waals surface area contributed by atoms with Crippen LogP contribution in [0.15, 0.2) is 24.3 Å². The van der Waals surface area contributed by atoms with Crippen LogP contribution in [0.2, 0.25) is 0 Å². The molecule has 19 heavy (non-hydrogen) atoms. The number of hydrogen-bond donors (Lipinski definition) is 1. The van der Waals surface area contributed by atoms with E-state index in [1.807, 2.05) is 0 Å². The number of aryl methyl sites for hydroxylation is 1. The molecule has 1 heterocycles. The first-order valence-corrected chi connectivity index (χ1v) is 7.43. The van der Waals surface area contributed by atoms with Gasteiger partial charge in [-0.05, 0) is 37.8 Å². The lowest BCUT2D eigenvalue weighted by Gasteiger charge is -2.34. The minimum atomic E-state index is 0.246. The molecular weight excluding hydrogens is 234 g/mol. The van der Waals surface area contributed by atoms with Gasteiger partial charge in [-0.2, -0.15) is 0 Å². The maximum atomic E-state index is 5.87. The van der Waals surface area contributed by atoms with Crippen LogP contribution < -0.4 is 5.32 Å². The molecule has 1 aromatic carbocycles. The second kappa shape index (κ2) is 6.06. The summed E-state index contributed by atoms with van der Waals surface area (Å²) < 4.78 is 5.87. The Kier molecular flexibility index (Phi) is 4.64. The van der Waals surface area contributed by atoms with Crippen LogP contribution in [-0.2, 0) is 11.2 Å². The maximum Gasteiger partial charge on any atom is 0.0619 e. The highest BCUT2D eigenvalue weighted by Crippen LogP contribution is 2.38. The van der Waals surface area contributed by atoms with Crippen molar-refractivity contribution in [1.29, 1.82) is 0 Å². The van der Waals surface area contributed by atoms with Crippen molar-refractivity contribution in [2.75, 3.05) is 13.2 Å². The topological polar surface area (TPSA) is 21.3 Å². The molecule has 0 bridgehead atoms. The van der Waals surface area contributed by atoms with Crippen LogP contribution in [0.25, 0.3) is 0 Å². The van der Waals surface area contributed by atoms with Gasteiger partial charge < -0.3 is 10.1 Å². The molecule has 2 atom stereocenters. The summed E-state index contributed by atoms with van der Waals surface area (Å²) in [5.41, 5.74) is 3.10. The van der Waals surface area contributed by atoms with Gasteiger partial charge in [0.25, 0.3) is 0 Å². The first-order valence-electron chi connectivity index (χ1n) is 7.43. The Labute approximate surface area is 117 Å². The summed E-state index contributed by atoms with van der Waals surface area (Å²) in [5.74, 6) is 0. The quantitative estimate of drug-likeness (QED) is 0.878. The third-order valence-corrected chi connectivity index (χ3v) is 4.50. The van der Waals surface area contributed by atoms with E-state index in [1.54, 1.807) is 0 Å². The summed E-state index contributed by atoms with van der Waals surface area (Å²) in [6.45, 7) is 10.8. The van der Waals surface area contributed by atoms with E-state index < -0.39 is 0 Å². The van der Waals surface area contributed by atoms with E-state index in [0.29, 0.717) is 12.1 Å². The maximum absolute atomic E-state index is 5.87. The van der Waals surface area contributed by atoms with Gasteiger partial charge in [0.15, 0.2) is 0 Å². The molecule has 2 heteroatoms. The smallest absolute Gasteiger partial charge is 0.0619 e. The van der Waals surface area contributed by atoms with Crippen LogP contribution in [0.1, 0.15) is 38.3 Å². The van der Waals surface area contributed by atoms with E-state index in [1.165, 1.54) is 11.1 Å². The predicted octanol–water partition coefficient (Wildman–Crippen LogP) is 3.33. The summed E-state index contributed by atoms with van der Waals surface area (Å²) in [7, 11) is 0. The van der Waals surface area contributed by atoms with Crippen LogP contribution in [-0.4, -0.2) is 25.3 Å². The summed E-state index contributed by atoms with van der Waals surface area (Å²) >= 11 is 0. The molecule has 0 aromatic heterocycles. The number of benzene rings is 1. The molecule has 0 spiro atoms. The Hall–Kier alpha value is -0.860. The van der Waals surface area contributed by atoms with Gasteiger partial charge in [-0.3, -0.25) is 0 Å². The van der Waals surface area contributed by atoms with Gasteiger partial charge in [-0.1, -0.05) is 38.1 Å². The molecular formula is C17H27NO. The zero-order valence-corrected chi connectivity index (χ0v) is 12.7. The van der Waals surface area contributed by atoms with Crippen molar-refractivity contribution in [1.82, 2.24) is 5.32 Å². The van der Waals surface area contributed by atoms with Gasteiger partial charge in [0.05, 0.1) is 6.10 Å². The highest BCUT2D eigenvalue weighted by molar-refractivity contribution is 5.27. The fraction of sp³-hybridized carbons (Fsp3) is 0.647. The lowest BCUT2D eigenvalue weighted by molar-refractivity contribution is 0.0620. The van der Waals surface area contributed by atoms with Crippen molar-refractivity contribution in [3.05, 3.63) is 35.4 Å². The Morgan fingerprint density at radius 1 is 1.37 bits per heavy atom. The minimum Gasteiger partial charge on any atom is -0.378 e. The van der Waals surface area contributed by atoms with Crippen molar-refractivity contribution in [3.63, 3.8) is 0 Å². The van der Waals surface area contributed by atoms with Crippen LogP contribution in [0, 0.1) is 12.3 Å². The van der Waals surface area contributed by atoms with Crippen LogP contribution >= 0.6 is 0 Å². The molecule has 2 unspecified atom stereocenters. The average Bonchev–Trinajstić information content (AvgIpc) is 2.72. The van der Waals surface area contributed by atoms with Crippen molar-refractivity contribution in [2.24, 2.45) is 5.41 Å². The SMILES string of the molecule is Cc1ccccc1CC1(CNC(C)C)CCOC1C. The molecule has 0 amide bonds. The molecule has 1 saturated heterocycles. The Morgan fingerprint density at radius 2 is 2.11 bits per heavy atom. The van der Waals surface area contributed by atoms with E-state index in [-0.39, 0.29) is 5.41 Å². The predicted molar refractivity (Wildman–Crippen MR) is 80.5 cm³/mol. The third kappa shape index (κ3) is 3.37. The molecule has 2 rings (SSSR count). The molecule has 1 N–H and O–H groups in total. The van der Waals surface area contributed by atoms with Crippen molar-refractivity contribution in [3.8, 4) is 0 Å². The van der Waals surface area contributed by atoms with Crippen molar-refractivity contribution < 1.29 is 4.74 Å². The van der Waals surface area contributed by atoms with E-state index in [9.17, 15) is 0 Å². The van der Waals surface area contributed by atoms with E-state index in [0.717, 1.165) is 26.0 Å². The largest absolute Gasteiger partial charge is 0.378 e. The standard InChI is InChI=1S/C17H27NO/c1-13(2)18-12-17(9-10-19-15(17)4)11-16-8-6-5-7-14(16)3/h5-8,13,15,18H,9-12H2,1-4H3. The highest BCUT2D eigenvalue weighted by Gasteiger charge is 2.41. The Balaban J connectivity index is 2.17. The van der Waals surface area contributed by atoms with Crippen molar-refractivity contribution >= 4 is 0 Å². The van der Waals surface area contributed by atoms with Gasteiger partial charge in [-0.15, -0.1) is 0 Å². The van der Waals surface area contributed by atoms with Gasteiger partial charge >= 0.3 is 0 Å². The number of hydrogen-bond acceptors (Lipinski definition) is 2. The van der Waals surface area contributed by atoms with Crippen LogP contribution in [0.4, 0.5) is 0 Å². The molecule has 1 aliphatic rings. The lowest BCUT2D eigenvalue weighted by Crippen LogP contribution is -2.43. The zero-order chi connectivity index (χ0) is 13.9. The molecule has 1 aliphatic heterocycles. The first kappa shape index (κ1) is 14.5. The summed E-state index contributed by atoms with van der Waals surface area (Å²) in [6, 6.07) is 9.26. The summed E-state index contributed by atoms with van der Waals surface area (Å²) in [5, 5.41) is 3.62. The molecule has 106 valence electrons. The van der Waals surface area contributed by atoms with Gasteiger partial charge in [0.2, 0.25) is 0 Å². The monoisotopic (exact) mass is 261 g/mol. The minimum absolute atomic E-state index is 0.246. The van der Waals surface area contributed by atoms with Crippen molar-refractivity contribution in [2.45, 2.75) is 52.7 Å². The zero-order valence-electron chi connectivity index (χ0n) is 12.7. The number of rotatable bonds is 5. The van der Waals surface area contributed by atoms with Crippen LogP contribution in [0.5, 0.6) is 0 Å². The molecule has 1 aromatic rings. The van der Waals surface area contributed by atoms with Crippen LogP contribution in [0.3, 0.4) is 0 Å². The summed E-state index contributed by atoms with van der Waals surface area (Å²) in [6.07, 6.45) is 2.60. The van der Waals surface area contributed by atoms with E-state index >= 15 is 0 Å². The normalized spacial score (nSPS) is 27.1. The number of ether oxygens (including phenoxy) is 1. The highest BCUT2D eigenvalue weighted by atomic mass is 16.5. The van der Waals surface area contributed by atoms with E-state index in [4.69, 9.17) is 4.74 Å². The Bertz CT molecular complexity index is 415. The molecule has 2 nitrogen and oxygen atoms in total. The fourth-order valence-electron chi connectivity index (χ4n) is 2.94. The second-order valence-electron chi connectivity index (χ2n) is 6.26. The average molecular weight is 261 g/mol.